The number of benzene rings is 2. The SMILES string of the molecule is CC(C)N1CCc2nc(C(=O)Nc3cc(C(=O)O)ccc3CCC(=O)Nc3ccc(Br)c(F)c3)sc2C1. The van der Waals surface area contributed by atoms with Crippen LogP contribution < -0.4 is 10.6 Å². The number of hydrogen-bond acceptors (Lipinski definition) is 6. The monoisotopic (exact) mass is 588 g/mol. The second-order valence-corrected chi connectivity index (χ2v) is 10.9. The lowest BCUT2D eigenvalue weighted by Crippen LogP contribution is -2.35. The van der Waals surface area contributed by atoms with Gasteiger partial charge in [0.2, 0.25) is 5.91 Å². The Morgan fingerprint density at radius 1 is 1.19 bits per heavy atom. The number of carboxylic acid groups (broad SMARTS) is 1. The number of fused-ring (bicyclic) bond motifs is 1. The van der Waals surface area contributed by atoms with E-state index in [1.54, 1.807) is 12.1 Å². The molecule has 37 heavy (non-hydrogen) atoms. The highest BCUT2D eigenvalue weighted by atomic mass is 79.9. The Hall–Kier alpha value is -3.15. The van der Waals surface area contributed by atoms with Crippen LogP contribution in [0, 0.1) is 5.82 Å². The Labute approximate surface area is 226 Å². The lowest BCUT2D eigenvalue weighted by atomic mass is 10.0. The third-order valence-electron chi connectivity index (χ3n) is 6.12. The van der Waals surface area contributed by atoms with Gasteiger partial charge in [0, 0.05) is 48.2 Å². The first kappa shape index (κ1) is 26.9. The maximum atomic E-state index is 13.7. The molecule has 11 heteroatoms. The molecule has 4 rings (SSSR count). The molecule has 0 atom stereocenters. The third-order valence-corrected chi connectivity index (χ3v) is 7.84. The van der Waals surface area contributed by atoms with Crippen LogP contribution in [0.3, 0.4) is 0 Å². The lowest BCUT2D eigenvalue weighted by molar-refractivity contribution is -0.116. The van der Waals surface area contributed by atoms with E-state index >= 15 is 0 Å². The molecule has 2 amide bonds. The smallest absolute Gasteiger partial charge is 0.335 e. The van der Waals surface area contributed by atoms with E-state index < -0.39 is 17.7 Å². The number of anilines is 2. The molecule has 194 valence electrons. The van der Waals surface area contributed by atoms with E-state index in [1.807, 2.05) is 0 Å². The Bertz CT molecular complexity index is 1360. The van der Waals surface area contributed by atoms with Gasteiger partial charge in [-0.2, -0.15) is 0 Å². The van der Waals surface area contributed by atoms with E-state index in [2.05, 4.69) is 50.3 Å². The molecule has 0 aliphatic carbocycles. The van der Waals surface area contributed by atoms with Gasteiger partial charge in [0.25, 0.3) is 5.91 Å². The van der Waals surface area contributed by atoms with Crippen LogP contribution in [-0.2, 0) is 24.2 Å². The molecule has 0 unspecified atom stereocenters. The fraction of sp³-hybridized carbons (Fsp3) is 0.308. The second-order valence-electron chi connectivity index (χ2n) is 9.01. The van der Waals surface area contributed by atoms with Crippen molar-refractivity contribution in [3.8, 4) is 0 Å². The van der Waals surface area contributed by atoms with Crippen LogP contribution in [0.4, 0.5) is 15.8 Å². The van der Waals surface area contributed by atoms with E-state index in [0.29, 0.717) is 32.5 Å². The molecular formula is C26H26BrFN4O4S. The molecule has 2 heterocycles. The number of aromatic nitrogens is 1. The number of carbonyl (C=O) groups excluding carboxylic acids is 2. The molecule has 0 radical (unpaired) electrons. The van der Waals surface area contributed by atoms with E-state index in [-0.39, 0.29) is 24.3 Å². The molecule has 3 aromatic rings. The molecule has 0 bridgehead atoms. The molecule has 0 fully saturated rings. The zero-order valence-electron chi connectivity index (χ0n) is 20.3. The van der Waals surface area contributed by atoms with Crippen molar-refractivity contribution in [2.75, 3.05) is 17.2 Å². The van der Waals surface area contributed by atoms with Crippen molar-refractivity contribution in [2.24, 2.45) is 0 Å². The molecule has 0 spiro atoms. The topological polar surface area (TPSA) is 112 Å². The summed E-state index contributed by atoms with van der Waals surface area (Å²) in [6.07, 6.45) is 1.05. The summed E-state index contributed by atoms with van der Waals surface area (Å²) in [5, 5.41) is 15.2. The van der Waals surface area contributed by atoms with Crippen molar-refractivity contribution in [3.63, 3.8) is 0 Å². The van der Waals surface area contributed by atoms with Crippen LogP contribution in [-0.4, -0.2) is 45.4 Å². The standard InChI is InChI=1S/C26H26BrFN4O4S/c1-14(2)32-10-9-20-22(13-32)37-25(31-20)24(34)30-21-11-16(26(35)36)4-3-15(21)5-8-23(33)29-17-6-7-18(27)19(28)12-17/h3-4,6-7,11-12,14H,5,8-10,13H2,1-2H3,(H,29,33)(H,30,34)(H,35,36). The molecule has 0 saturated carbocycles. The van der Waals surface area contributed by atoms with E-state index in [0.717, 1.165) is 30.1 Å². The highest BCUT2D eigenvalue weighted by Gasteiger charge is 2.25. The second kappa shape index (κ2) is 11.5. The van der Waals surface area contributed by atoms with Crippen molar-refractivity contribution in [1.29, 1.82) is 0 Å². The number of thiazole rings is 1. The predicted octanol–water partition coefficient (Wildman–Crippen LogP) is 5.33. The largest absolute Gasteiger partial charge is 0.478 e. The van der Waals surface area contributed by atoms with Crippen LogP contribution in [0.2, 0.25) is 0 Å². The Morgan fingerprint density at radius 3 is 2.68 bits per heavy atom. The number of rotatable bonds is 8. The summed E-state index contributed by atoms with van der Waals surface area (Å²) in [4.78, 5) is 45.0. The Morgan fingerprint density at radius 2 is 1.97 bits per heavy atom. The zero-order chi connectivity index (χ0) is 26.7. The quantitative estimate of drug-likeness (QED) is 0.328. The van der Waals surface area contributed by atoms with Gasteiger partial charge in [-0.05, 0) is 72.1 Å². The molecule has 1 aromatic heterocycles. The maximum absolute atomic E-state index is 13.7. The average molecular weight is 589 g/mol. The number of nitrogens with one attached hydrogen (secondary N) is 2. The summed E-state index contributed by atoms with van der Waals surface area (Å²) < 4.78 is 14.0. The van der Waals surface area contributed by atoms with Gasteiger partial charge in [-0.1, -0.05) is 6.07 Å². The van der Waals surface area contributed by atoms with Gasteiger partial charge in [0.15, 0.2) is 5.01 Å². The van der Waals surface area contributed by atoms with E-state index in [9.17, 15) is 23.9 Å². The molecule has 3 N–H and O–H groups in total. The van der Waals surface area contributed by atoms with Gasteiger partial charge in [-0.3, -0.25) is 14.5 Å². The number of carbonyl (C=O) groups is 3. The number of carboxylic acids is 1. The summed E-state index contributed by atoms with van der Waals surface area (Å²) in [5.74, 6) is -2.39. The van der Waals surface area contributed by atoms with Crippen molar-refractivity contribution in [2.45, 2.75) is 45.7 Å². The molecule has 1 aliphatic heterocycles. The first-order chi connectivity index (χ1) is 17.6. The minimum absolute atomic E-state index is 0.0137. The lowest BCUT2D eigenvalue weighted by Gasteiger charge is -2.29. The number of halogens is 2. The molecule has 1 aliphatic rings. The number of aromatic carboxylic acids is 1. The summed E-state index contributed by atoms with van der Waals surface area (Å²) in [6.45, 7) is 5.90. The van der Waals surface area contributed by atoms with Crippen molar-refractivity contribution in [1.82, 2.24) is 9.88 Å². The Balaban J connectivity index is 1.47. The summed E-state index contributed by atoms with van der Waals surface area (Å²) in [7, 11) is 0. The summed E-state index contributed by atoms with van der Waals surface area (Å²) >= 11 is 4.41. The van der Waals surface area contributed by atoms with Gasteiger partial charge in [-0.15, -0.1) is 11.3 Å². The van der Waals surface area contributed by atoms with Gasteiger partial charge < -0.3 is 15.7 Å². The highest BCUT2D eigenvalue weighted by Crippen LogP contribution is 2.28. The Kier molecular flexibility index (Phi) is 8.35. The normalized spacial score (nSPS) is 13.3. The first-order valence-corrected chi connectivity index (χ1v) is 13.4. The highest BCUT2D eigenvalue weighted by molar-refractivity contribution is 9.10. The predicted molar refractivity (Wildman–Crippen MR) is 144 cm³/mol. The average Bonchev–Trinajstić information content (AvgIpc) is 3.29. The van der Waals surface area contributed by atoms with Crippen LogP contribution in [0.1, 0.15) is 56.6 Å². The van der Waals surface area contributed by atoms with E-state index in [1.165, 1.54) is 35.6 Å². The number of aryl methyl sites for hydroxylation is 1. The fourth-order valence-corrected chi connectivity index (χ4v) is 5.29. The molecule has 0 saturated heterocycles. The number of nitrogens with zero attached hydrogens (tertiary/aromatic N) is 2. The third kappa shape index (κ3) is 6.60. The van der Waals surface area contributed by atoms with Gasteiger partial charge in [0.05, 0.1) is 15.7 Å². The number of hydrogen-bond donors (Lipinski definition) is 3. The van der Waals surface area contributed by atoms with Crippen LogP contribution in [0.15, 0.2) is 40.9 Å². The van der Waals surface area contributed by atoms with Gasteiger partial charge >= 0.3 is 5.97 Å². The first-order valence-electron chi connectivity index (χ1n) is 11.8. The number of amides is 2. The fourth-order valence-electron chi connectivity index (χ4n) is 4.02. The summed E-state index contributed by atoms with van der Waals surface area (Å²) in [6, 6.07) is 9.08. The minimum atomic E-state index is -1.13. The van der Waals surface area contributed by atoms with Crippen molar-refractivity contribution >= 4 is 56.4 Å². The van der Waals surface area contributed by atoms with Crippen molar-refractivity contribution in [3.05, 3.63) is 73.4 Å². The summed E-state index contributed by atoms with van der Waals surface area (Å²) in [5.41, 5.74) is 2.17. The van der Waals surface area contributed by atoms with Gasteiger partial charge in [0.1, 0.15) is 5.82 Å². The molecule has 2 aromatic carbocycles. The minimum Gasteiger partial charge on any atom is -0.478 e. The molecular weight excluding hydrogens is 563 g/mol. The van der Waals surface area contributed by atoms with Crippen LogP contribution >= 0.6 is 27.3 Å². The van der Waals surface area contributed by atoms with E-state index in [4.69, 9.17) is 0 Å². The zero-order valence-corrected chi connectivity index (χ0v) is 22.7. The van der Waals surface area contributed by atoms with Gasteiger partial charge in [-0.25, -0.2) is 14.2 Å². The molecule has 8 nitrogen and oxygen atoms in total. The van der Waals surface area contributed by atoms with Crippen LogP contribution in [0.25, 0.3) is 0 Å². The van der Waals surface area contributed by atoms with Crippen molar-refractivity contribution < 1.29 is 23.9 Å². The maximum Gasteiger partial charge on any atom is 0.335 e. The van der Waals surface area contributed by atoms with Crippen LogP contribution in [0.5, 0.6) is 0 Å².